The lowest BCUT2D eigenvalue weighted by atomic mass is 10.1. The van der Waals surface area contributed by atoms with E-state index < -0.39 is 0 Å². The molecule has 1 aromatic rings. The molecule has 0 saturated carbocycles. The minimum absolute atomic E-state index is 0. The van der Waals surface area contributed by atoms with E-state index >= 15 is 0 Å². The lowest BCUT2D eigenvalue weighted by Crippen LogP contribution is -2.08. The van der Waals surface area contributed by atoms with Gasteiger partial charge in [0.25, 0.3) is 0 Å². The third-order valence-corrected chi connectivity index (χ3v) is 1.75. The summed E-state index contributed by atoms with van der Waals surface area (Å²) in [5.74, 6) is 0. The number of rotatable bonds is 4. The van der Waals surface area contributed by atoms with Gasteiger partial charge in [-0.15, -0.1) is 12.4 Å². The van der Waals surface area contributed by atoms with E-state index in [2.05, 4.69) is 34.9 Å². The molecular weight excluding hydrogens is 184 g/mol. The second kappa shape index (κ2) is 6.89. The monoisotopic (exact) mass is 200 g/mol. The standard InChI is InChI=1S/C10H16N2.ClH/c1-11-7-9-4-3-5-10(6-9)8-12-2;/h3-6,11-12H,7-8H2,1-2H3;1H. The summed E-state index contributed by atoms with van der Waals surface area (Å²) in [4.78, 5) is 0. The van der Waals surface area contributed by atoms with Crippen molar-refractivity contribution in [3.8, 4) is 0 Å². The van der Waals surface area contributed by atoms with Crippen LogP contribution in [0, 0.1) is 0 Å². The van der Waals surface area contributed by atoms with Crippen molar-refractivity contribution < 1.29 is 0 Å². The molecule has 0 fully saturated rings. The lowest BCUT2D eigenvalue weighted by molar-refractivity contribution is 0.797. The maximum Gasteiger partial charge on any atom is 0.0202 e. The van der Waals surface area contributed by atoms with Crippen LogP contribution in [0.1, 0.15) is 11.1 Å². The van der Waals surface area contributed by atoms with Crippen LogP contribution < -0.4 is 10.6 Å². The Kier molecular flexibility index (Phi) is 6.59. The van der Waals surface area contributed by atoms with Gasteiger partial charge < -0.3 is 10.6 Å². The predicted molar refractivity (Wildman–Crippen MR) is 59.2 cm³/mol. The molecule has 0 unspecified atom stereocenters. The molecule has 3 heteroatoms. The second-order valence-electron chi connectivity index (χ2n) is 2.88. The van der Waals surface area contributed by atoms with Crippen molar-refractivity contribution in [2.45, 2.75) is 13.1 Å². The Morgan fingerprint density at radius 3 is 1.85 bits per heavy atom. The molecule has 0 aliphatic heterocycles. The van der Waals surface area contributed by atoms with Crippen molar-refractivity contribution in [1.82, 2.24) is 10.6 Å². The molecule has 0 saturated heterocycles. The van der Waals surface area contributed by atoms with E-state index in [-0.39, 0.29) is 12.4 Å². The van der Waals surface area contributed by atoms with E-state index in [0.717, 1.165) is 13.1 Å². The summed E-state index contributed by atoms with van der Waals surface area (Å²) in [5.41, 5.74) is 2.68. The van der Waals surface area contributed by atoms with Gasteiger partial charge in [0.2, 0.25) is 0 Å². The predicted octanol–water partition coefficient (Wildman–Crippen LogP) is 1.55. The number of benzene rings is 1. The quantitative estimate of drug-likeness (QED) is 0.771. The maximum atomic E-state index is 3.13. The molecule has 1 aromatic carbocycles. The van der Waals surface area contributed by atoms with Crippen molar-refractivity contribution in [3.05, 3.63) is 35.4 Å². The van der Waals surface area contributed by atoms with Gasteiger partial charge in [0, 0.05) is 13.1 Å². The summed E-state index contributed by atoms with van der Waals surface area (Å²) in [5, 5.41) is 6.27. The van der Waals surface area contributed by atoms with Crippen molar-refractivity contribution in [3.63, 3.8) is 0 Å². The van der Waals surface area contributed by atoms with Crippen LogP contribution in [0.4, 0.5) is 0 Å². The first-order chi connectivity index (χ1) is 5.86. The largest absolute Gasteiger partial charge is 0.316 e. The van der Waals surface area contributed by atoms with Crippen molar-refractivity contribution in [2.75, 3.05) is 14.1 Å². The summed E-state index contributed by atoms with van der Waals surface area (Å²) in [6.07, 6.45) is 0. The summed E-state index contributed by atoms with van der Waals surface area (Å²) >= 11 is 0. The molecule has 13 heavy (non-hydrogen) atoms. The molecule has 0 amide bonds. The van der Waals surface area contributed by atoms with Gasteiger partial charge in [-0.05, 0) is 25.2 Å². The highest BCUT2D eigenvalue weighted by Gasteiger charge is 1.92. The number of halogens is 1. The first-order valence-corrected chi connectivity index (χ1v) is 4.24. The van der Waals surface area contributed by atoms with Gasteiger partial charge >= 0.3 is 0 Å². The average Bonchev–Trinajstić information content (AvgIpc) is 2.06. The minimum atomic E-state index is 0. The SMILES string of the molecule is CNCc1cccc(CNC)c1.Cl. The summed E-state index contributed by atoms with van der Waals surface area (Å²) in [7, 11) is 3.93. The molecule has 0 aliphatic carbocycles. The second-order valence-corrected chi connectivity index (χ2v) is 2.88. The first kappa shape index (κ1) is 12.4. The van der Waals surface area contributed by atoms with E-state index in [1.165, 1.54) is 11.1 Å². The first-order valence-electron chi connectivity index (χ1n) is 4.24. The smallest absolute Gasteiger partial charge is 0.0202 e. The zero-order chi connectivity index (χ0) is 8.81. The van der Waals surface area contributed by atoms with E-state index in [0.29, 0.717) is 0 Å². The highest BCUT2D eigenvalue weighted by atomic mass is 35.5. The normalized spacial score (nSPS) is 9.38. The Morgan fingerprint density at radius 1 is 1.00 bits per heavy atom. The molecule has 2 N–H and O–H groups in total. The third kappa shape index (κ3) is 4.27. The van der Waals surface area contributed by atoms with Crippen LogP contribution in [0.15, 0.2) is 24.3 Å². The molecular formula is C10H17ClN2. The average molecular weight is 201 g/mol. The van der Waals surface area contributed by atoms with Gasteiger partial charge in [-0.1, -0.05) is 24.3 Å². The van der Waals surface area contributed by atoms with Crippen LogP contribution >= 0.6 is 12.4 Å². The Hall–Kier alpha value is -0.570. The molecule has 1 rings (SSSR count). The number of hydrogen-bond donors (Lipinski definition) is 2. The number of nitrogens with one attached hydrogen (secondary N) is 2. The summed E-state index contributed by atoms with van der Waals surface area (Å²) in [6, 6.07) is 8.58. The molecule has 0 spiro atoms. The van der Waals surface area contributed by atoms with Gasteiger partial charge in [-0.25, -0.2) is 0 Å². The highest BCUT2D eigenvalue weighted by molar-refractivity contribution is 5.85. The molecule has 2 nitrogen and oxygen atoms in total. The zero-order valence-corrected chi connectivity index (χ0v) is 8.95. The fourth-order valence-corrected chi connectivity index (χ4v) is 1.26. The molecule has 0 aromatic heterocycles. The molecule has 0 atom stereocenters. The van der Waals surface area contributed by atoms with E-state index in [1.807, 2.05) is 14.1 Å². The van der Waals surface area contributed by atoms with Gasteiger partial charge in [0.1, 0.15) is 0 Å². The molecule has 0 aliphatic rings. The number of hydrogen-bond acceptors (Lipinski definition) is 2. The fourth-order valence-electron chi connectivity index (χ4n) is 1.26. The van der Waals surface area contributed by atoms with Crippen molar-refractivity contribution in [2.24, 2.45) is 0 Å². The lowest BCUT2D eigenvalue weighted by Gasteiger charge is -2.03. The topological polar surface area (TPSA) is 24.1 Å². The van der Waals surface area contributed by atoms with E-state index in [1.54, 1.807) is 0 Å². The summed E-state index contributed by atoms with van der Waals surface area (Å²) < 4.78 is 0. The Morgan fingerprint density at radius 2 is 1.46 bits per heavy atom. The van der Waals surface area contributed by atoms with Crippen LogP contribution in [0.2, 0.25) is 0 Å². The maximum absolute atomic E-state index is 3.13. The van der Waals surface area contributed by atoms with Gasteiger partial charge in [0.15, 0.2) is 0 Å². The van der Waals surface area contributed by atoms with Gasteiger partial charge in [-0.2, -0.15) is 0 Å². The zero-order valence-electron chi connectivity index (χ0n) is 8.13. The molecule has 0 radical (unpaired) electrons. The fraction of sp³-hybridized carbons (Fsp3) is 0.400. The molecule has 74 valence electrons. The van der Waals surface area contributed by atoms with Gasteiger partial charge in [-0.3, -0.25) is 0 Å². The molecule has 0 heterocycles. The third-order valence-electron chi connectivity index (χ3n) is 1.75. The minimum Gasteiger partial charge on any atom is -0.316 e. The van der Waals surface area contributed by atoms with Crippen LogP contribution in [0.25, 0.3) is 0 Å². The van der Waals surface area contributed by atoms with Crippen LogP contribution in [-0.4, -0.2) is 14.1 Å². The summed E-state index contributed by atoms with van der Waals surface area (Å²) in [6.45, 7) is 1.88. The van der Waals surface area contributed by atoms with E-state index in [9.17, 15) is 0 Å². The van der Waals surface area contributed by atoms with Crippen LogP contribution in [-0.2, 0) is 13.1 Å². The Labute approximate surface area is 86.1 Å². The van der Waals surface area contributed by atoms with Crippen molar-refractivity contribution in [1.29, 1.82) is 0 Å². The van der Waals surface area contributed by atoms with Crippen LogP contribution in [0.3, 0.4) is 0 Å². The van der Waals surface area contributed by atoms with Crippen LogP contribution in [0.5, 0.6) is 0 Å². The molecule has 0 bridgehead atoms. The highest BCUT2D eigenvalue weighted by Crippen LogP contribution is 2.04. The van der Waals surface area contributed by atoms with E-state index in [4.69, 9.17) is 0 Å². The Balaban J connectivity index is 0.00000144. The van der Waals surface area contributed by atoms with Gasteiger partial charge in [0.05, 0.1) is 0 Å². The van der Waals surface area contributed by atoms with Crippen molar-refractivity contribution >= 4 is 12.4 Å². The Bertz CT molecular complexity index is 217.